The molecule has 0 fully saturated rings. The third-order valence-electron chi connectivity index (χ3n) is 2.81. The largest absolute Gasteiger partial charge is 0.457 e. The first-order valence-electron chi connectivity index (χ1n) is 6.13. The van der Waals surface area contributed by atoms with Gasteiger partial charge in [0.15, 0.2) is 0 Å². The van der Waals surface area contributed by atoms with Gasteiger partial charge in [0.05, 0.1) is 0 Å². The Bertz CT molecular complexity index is 506. The van der Waals surface area contributed by atoms with Crippen LogP contribution in [0.1, 0.15) is 11.1 Å². The second kappa shape index (κ2) is 5.69. The molecule has 94 valence electrons. The lowest BCUT2D eigenvalue weighted by molar-refractivity contribution is 0.387. The van der Waals surface area contributed by atoms with Crippen molar-refractivity contribution in [3.63, 3.8) is 0 Å². The number of hydrogen-bond acceptors (Lipinski definition) is 2. The van der Waals surface area contributed by atoms with Crippen molar-refractivity contribution in [1.82, 2.24) is 4.90 Å². The number of ether oxygens (including phenoxy) is 1. The third-order valence-corrected chi connectivity index (χ3v) is 2.81. The molecule has 0 aliphatic carbocycles. The van der Waals surface area contributed by atoms with Gasteiger partial charge in [-0.25, -0.2) is 0 Å². The van der Waals surface area contributed by atoms with Crippen LogP contribution < -0.4 is 4.74 Å². The van der Waals surface area contributed by atoms with Gasteiger partial charge in [-0.1, -0.05) is 30.3 Å². The molecule has 0 unspecified atom stereocenters. The normalized spacial score (nSPS) is 10.7. The number of benzene rings is 2. The summed E-state index contributed by atoms with van der Waals surface area (Å²) < 4.78 is 5.96. The maximum atomic E-state index is 5.96. The van der Waals surface area contributed by atoms with Gasteiger partial charge >= 0.3 is 0 Å². The molecule has 2 heteroatoms. The molecule has 0 aromatic heterocycles. The molecule has 0 atom stereocenters. The van der Waals surface area contributed by atoms with E-state index in [-0.39, 0.29) is 0 Å². The fourth-order valence-electron chi connectivity index (χ4n) is 1.91. The smallest absolute Gasteiger partial charge is 0.132 e. The van der Waals surface area contributed by atoms with E-state index in [9.17, 15) is 0 Å². The first-order chi connectivity index (χ1) is 8.66. The minimum Gasteiger partial charge on any atom is -0.457 e. The molecule has 2 aromatic carbocycles. The van der Waals surface area contributed by atoms with E-state index >= 15 is 0 Å². The molecular weight excluding hydrogens is 222 g/mol. The molecule has 18 heavy (non-hydrogen) atoms. The van der Waals surface area contributed by atoms with Crippen LogP contribution >= 0.6 is 0 Å². The van der Waals surface area contributed by atoms with Crippen LogP contribution in [-0.4, -0.2) is 19.0 Å². The Morgan fingerprint density at radius 2 is 1.67 bits per heavy atom. The van der Waals surface area contributed by atoms with E-state index in [4.69, 9.17) is 4.74 Å². The maximum Gasteiger partial charge on any atom is 0.132 e. The molecule has 0 spiro atoms. The van der Waals surface area contributed by atoms with Crippen LogP contribution in [0.15, 0.2) is 48.5 Å². The van der Waals surface area contributed by atoms with Gasteiger partial charge in [0.1, 0.15) is 11.5 Å². The molecule has 0 aliphatic heterocycles. The zero-order valence-corrected chi connectivity index (χ0v) is 11.2. The van der Waals surface area contributed by atoms with Crippen molar-refractivity contribution in [2.24, 2.45) is 0 Å². The molecule has 0 N–H and O–H groups in total. The fraction of sp³-hybridized carbons (Fsp3) is 0.250. The maximum absolute atomic E-state index is 5.96. The molecule has 0 amide bonds. The fourth-order valence-corrected chi connectivity index (χ4v) is 1.91. The lowest BCUT2D eigenvalue weighted by Crippen LogP contribution is -2.12. The van der Waals surface area contributed by atoms with Crippen molar-refractivity contribution >= 4 is 0 Å². The lowest BCUT2D eigenvalue weighted by atomic mass is 10.1. The molecule has 2 nitrogen and oxygen atoms in total. The second-order valence-electron chi connectivity index (χ2n) is 4.70. The summed E-state index contributed by atoms with van der Waals surface area (Å²) in [6, 6.07) is 16.1. The van der Waals surface area contributed by atoms with Crippen LogP contribution in [0.25, 0.3) is 0 Å². The van der Waals surface area contributed by atoms with E-state index in [0.717, 1.165) is 18.0 Å². The van der Waals surface area contributed by atoms with Crippen molar-refractivity contribution in [2.75, 3.05) is 14.1 Å². The Morgan fingerprint density at radius 1 is 0.944 bits per heavy atom. The third kappa shape index (κ3) is 3.11. The molecule has 0 saturated heterocycles. The van der Waals surface area contributed by atoms with Gasteiger partial charge in [0.25, 0.3) is 0 Å². The van der Waals surface area contributed by atoms with Crippen LogP contribution in [0.4, 0.5) is 0 Å². The van der Waals surface area contributed by atoms with E-state index in [1.54, 1.807) is 0 Å². The van der Waals surface area contributed by atoms with E-state index in [2.05, 4.69) is 32.0 Å². The van der Waals surface area contributed by atoms with E-state index in [1.165, 1.54) is 11.1 Å². The van der Waals surface area contributed by atoms with Crippen LogP contribution in [0.2, 0.25) is 0 Å². The standard InChI is InChI=1S/C16H19NO/c1-13-8-7-11-16(15(13)12-17(2)3)18-14-9-5-4-6-10-14/h4-11H,12H2,1-3H3. The Labute approximate surface area is 109 Å². The van der Waals surface area contributed by atoms with Crippen LogP contribution in [0.3, 0.4) is 0 Å². The summed E-state index contributed by atoms with van der Waals surface area (Å²) in [5.74, 6) is 1.82. The zero-order chi connectivity index (χ0) is 13.0. The molecule has 0 radical (unpaired) electrons. The summed E-state index contributed by atoms with van der Waals surface area (Å²) in [5.41, 5.74) is 2.50. The summed E-state index contributed by atoms with van der Waals surface area (Å²) in [7, 11) is 4.14. The monoisotopic (exact) mass is 241 g/mol. The van der Waals surface area contributed by atoms with Crippen LogP contribution in [0, 0.1) is 6.92 Å². The summed E-state index contributed by atoms with van der Waals surface area (Å²) in [6.07, 6.45) is 0. The van der Waals surface area contributed by atoms with Gasteiger partial charge in [-0.05, 0) is 44.8 Å². The highest BCUT2D eigenvalue weighted by molar-refractivity contribution is 5.42. The van der Waals surface area contributed by atoms with Crippen molar-refractivity contribution in [3.8, 4) is 11.5 Å². The summed E-state index contributed by atoms with van der Waals surface area (Å²) in [5, 5.41) is 0. The van der Waals surface area contributed by atoms with Gasteiger partial charge in [-0.2, -0.15) is 0 Å². The molecule has 2 aromatic rings. The Kier molecular flexibility index (Phi) is 4.00. The molecular formula is C16H19NO. The first kappa shape index (κ1) is 12.7. The minimum absolute atomic E-state index is 0.878. The number of nitrogens with zero attached hydrogens (tertiary/aromatic N) is 1. The van der Waals surface area contributed by atoms with Gasteiger partial charge in [-0.3, -0.25) is 0 Å². The summed E-state index contributed by atoms with van der Waals surface area (Å²) >= 11 is 0. The molecule has 0 aliphatic rings. The van der Waals surface area contributed by atoms with E-state index in [1.807, 2.05) is 42.5 Å². The Hall–Kier alpha value is -1.80. The average Bonchev–Trinajstić information content (AvgIpc) is 2.34. The Morgan fingerprint density at radius 3 is 2.33 bits per heavy atom. The van der Waals surface area contributed by atoms with Gasteiger partial charge in [-0.15, -0.1) is 0 Å². The highest BCUT2D eigenvalue weighted by atomic mass is 16.5. The van der Waals surface area contributed by atoms with E-state index < -0.39 is 0 Å². The quantitative estimate of drug-likeness (QED) is 0.806. The Balaban J connectivity index is 2.30. The molecule has 0 heterocycles. The van der Waals surface area contributed by atoms with Gasteiger partial charge in [0, 0.05) is 12.1 Å². The molecule has 0 saturated carbocycles. The second-order valence-corrected chi connectivity index (χ2v) is 4.70. The number of rotatable bonds is 4. The highest BCUT2D eigenvalue weighted by Gasteiger charge is 2.08. The molecule has 0 bridgehead atoms. The number of para-hydroxylation sites is 1. The topological polar surface area (TPSA) is 12.5 Å². The van der Waals surface area contributed by atoms with Crippen LogP contribution in [-0.2, 0) is 6.54 Å². The van der Waals surface area contributed by atoms with Crippen molar-refractivity contribution < 1.29 is 4.74 Å². The van der Waals surface area contributed by atoms with Crippen molar-refractivity contribution in [1.29, 1.82) is 0 Å². The van der Waals surface area contributed by atoms with E-state index in [0.29, 0.717) is 0 Å². The average molecular weight is 241 g/mol. The van der Waals surface area contributed by atoms with Gasteiger partial charge in [0.2, 0.25) is 0 Å². The zero-order valence-electron chi connectivity index (χ0n) is 11.2. The summed E-state index contributed by atoms with van der Waals surface area (Å²) in [6.45, 7) is 3.01. The van der Waals surface area contributed by atoms with Crippen LogP contribution in [0.5, 0.6) is 11.5 Å². The number of hydrogen-bond donors (Lipinski definition) is 0. The predicted octanol–water partition coefficient (Wildman–Crippen LogP) is 3.85. The summed E-state index contributed by atoms with van der Waals surface area (Å²) in [4.78, 5) is 2.15. The molecule has 2 rings (SSSR count). The van der Waals surface area contributed by atoms with Gasteiger partial charge < -0.3 is 9.64 Å². The SMILES string of the molecule is Cc1cccc(Oc2ccccc2)c1CN(C)C. The number of aryl methyl sites for hydroxylation is 1. The van der Waals surface area contributed by atoms with Crippen molar-refractivity contribution in [2.45, 2.75) is 13.5 Å². The predicted molar refractivity (Wildman–Crippen MR) is 75.1 cm³/mol. The van der Waals surface area contributed by atoms with Crippen molar-refractivity contribution in [3.05, 3.63) is 59.7 Å². The first-order valence-corrected chi connectivity index (χ1v) is 6.13. The lowest BCUT2D eigenvalue weighted by Gasteiger charge is -2.17. The minimum atomic E-state index is 0.878. The highest BCUT2D eigenvalue weighted by Crippen LogP contribution is 2.28.